The maximum atomic E-state index is 12.2. The van der Waals surface area contributed by atoms with Crippen molar-refractivity contribution in [3.05, 3.63) is 46.8 Å². The first-order chi connectivity index (χ1) is 10.4. The van der Waals surface area contributed by atoms with Crippen LogP contribution in [0.15, 0.2) is 46.7 Å². The van der Waals surface area contributed by atoms with Crippen molar-refractivity contribution in [1.82, 2.24) is 4.72 Å². The average Bonchev–Trinajstić information content (AvgIpc) is 2.95. The van der Waals surface area contributed by atoms with Gasteiger partial charge in [0.15, 0.2) is 0 Å². The van der Waals surface area contributed by atoms with E-state index in [4.69, 9.17) is 11.6 Å². The number of hydrogen-bond acceptors (Lipinski definition) is 4. The quantitative estimate of drug-likeness (QED) is 0.863. The average molecular weight is 359 g/mol. The van der Waals surface area contributed by atoms with E-state index in [0.29, 0.717) is 10.9 Å². The molecule has 1 aromatic carbocycles. The molecule has 22 heavy (non-hydrogen) atoms. The third kappa shape index (κ3) is 4.07. The van der Waals surface area contributed by atoms with E-state index in [1.54, 1.807) is 12.1 Å². The number of likely N-dealkylation sites (N-methyl/N-ethyl adjacent to an activating group) is 1. The molecule has 1 amide bonds. The zero-order valence-electron chi connectivity index (χ0n) is 11.8. The maximum Gasteiger partial charge on any atom is 0.250 e. The number of sulfonamides is 1. The minimum atomic E-state index is -3.72. The molecule has 1 N–H and O–H groups in total. The van der Waals surface area contributed by atoms with Gasteiger partial charge in [0.2, 0.25) is 5.91 Å². The number of thiophene rings is 1. The predicted octanol–water partition coefficient (Wildman–Crippen LogP) is 2.73. The molecule has 0 fully saturated rings. The highest BCUT2D eigenvalue weighted by Crippen LogP contribution is 2.25. The van der Waals surface area contributed by atoms with Gasteiger partial charge in [0, 0.05) is 12.2 Å². The second-order valence-corrected chi connectivity index (χ2v) is 8.07. The monoisotopic (exact) mass is 358 g/mol. The highest BCUT2D eigenvalue weighted by atomic mass is 35.5. The van der Waals surface area contributed by atoms with Crippen molar-refractivity contribution < 1.29 is 13.2 Å². The predicted molar refractivity (Wildman–Crippen MR) is 89.0 cm³/mol. The summed E-state index contributed by atoms with van der Waals surface area (Å²) in [7, 11) is -3.72. The molecular weight excluding hydrogens is 344 g/mol. The van der Waals surface area contributed by atoms with E-state index in [9.17, 15) is 13.2 Å². The van der Waals surface area contributed by atoms with E-state index in [1.807, 2.05) is 25.1 Å². The number of carbonyl (C=O) groups is 1. The van der Waals surface area contributed by atoms with Gasteiger partial charge in [-0.1, -0.05) is 29.8 Å². The largest absolute Gasteiger partial charge is 0.312 e. The Balaban J connectivity index is 2.05. The summed E-state index contributed by atoms with van der Waals surface area (Å²) in [4.78, 5) is 13.8. The normalized spacial score (nSPS) is 11.4. The second kappa shape index (κ2) is 7.23. The highest BCUT2D eigenvalue weighted by molar-refractivity contribution is 7.91. The lowest BCUT2D eigenvalue weighted by atomic mass is 10.3. The first-order valence-electron chi connectivity index (χ1n) is 6.54. The van der Waals surface area contributed by atoms with Gasteiger partial charge < -0.3 is 4.90 Å². The molecule has 0 bridgehead atoms. The number of anilines is 1. The minimum Gasteiger partial charge on any atom is -0.312 e. The Morgan fingerprint density at radius 1 is 1.23 bits per heavy atom. The van der Waals surface area contributed by atoms with Crippen LogP contribution in [0.4, 0.5) is 5.69 Å². The van der Waals surface area contributed by atoms with Gasteiger partial charge in [-0.3, -0.25) is 4.79 Å². The summed E-state index contributed by atoms with van der Waals surface area (Å²) in [5.41, 5.74) is 0.730. The topological polar surface area (TPSA) is 66.5 Å². The van der Waals surface area contributed by atoms with E-state index in [-0.39, 0.29) is 16.7 Å². The number of nitrogens with zero attached hydrogens (tertiary/aromatic N) is 1. The maximum absolute atomic E-state index is 12.2. The van der Waals surface area contributed by atoms with Crippen molar-refractivity contribution in [1.29, 1.82) is 0 Å². The van der Waals surface area contributed by atoms with Crippen LogP contribution in [0.3, 0.4) is 0 Å². The molecule has 1 heterocycles. The summed E-state index contributed by atoms with van der Waals surface area (Å²) in [5, 5.41) is 0. The lowest BCUT2D eigenvalue weighted by Crippen LogP contribution is -2.40. The van der Waals surface area contributed by atoms with Gasteiger partial charge >= 0.3 is 0 Å². The molecule has 2 aromatic rings. The Morgan fingerprint density at radius 2 is 1.91 bits per heavy atom. The molecule has 0 aliphatic rings. The van der Waals surface area contributed by atoms with E-state index < -0.39 is 10.0 Å². The number of benzene rings is 1. The van der Waals surface area contributed by atoms with Crippen LogP contribution < -0.4 is 9.62 Å². The van der Waals surface area contributed by atoms with Crippen LogP contribution in [-0.2, 0) is 14.8 Å². The van der Waals surface area contributed by atoms with Crippen LogP contribution in [0.2, 0.25) is 4.34 Å². The molecule has 2 rings (SSSR count). The molecule has 0 atom stereocenters. The van der Waals surface area contributed by atoms with Gasteiger partial charge in [0.05, 0.1) is 10.9 Å². The summed E-state index contributed by atoms with van der Waals surface area (Å²) in [6, 6.07) is 12.0. The molecule has 0 saturated heterocycles. The number of nitrogens with one attached hydrogen (secondary N) is 1. The Kier molecular flexibility index (Phi) is 5.57. The summed E-state index contributed by atoms with van der Waals surface area (Å²) in [6.45, 7) is 1.98. The van der Waals surface area contributed by atoms with Gasteiger partial charge in [-0.15, -0.1) is 11.3 Å². The van der Waals surface area contributed by atoms with Crippen molar-refractivity contribution in [2.45, 2.75) is 11.1 Å². The van der Waals surface area contributed by atoms with Gasteiger partial charge in [-0.2, -0.15) is 0 Å². The zero-order chi connectivity index (χ0) is 16.2. The minimum absolute atomic E-state index is 0.0908. The zero-order valence-corrected chi connectivity index (χ0v) is 14.2. The number of para-hydroxylation sites is 1. The third-order valence-electron chi connectivity index (χ3n) is 2.91. The lowest BCUT2D eigenvalue weighted by molar-refractivity contribution is -0.117. The van der Waals surface area contributed by atoms with Crippen molar-refractivity contribution in [2.24, 2.45) is 0 Å². The van der Waals surface area contributed by atoms with Gasteiger partial charge in [-0.25, -0.2) is 13.1 Å². The second-order valence-electron chi connectivity index (χ2n) is 4.36. The summed E-state index contributed by atoms with van der Waals surface area (Å²) >= 11 is 6.68. The summed E-state index contributed by atoms with van der Waals surface area (Å²) < 4.78 is 26.9. The van der Waals surface area contributed by atoms with Gasteiger partial charge in [-0.05, 0) is 31.2 Å². The van der Waals surface area contributed by atoms with Crippen LogP contribution >= 0.6 is 22.9 Å². The van der Waals surface area contributed by atoms with Gasteiger partial charge in [0.1, 0.15) is 4.21 Å². The van der Waals surface area contributed by atoms with Gasteiger partial charge in [0.25, 0.3) is 10.0 Å². The smallest absolute Gasteiger partial charge is 0.250 e. The highest BCUT2D eigenvalue weighted by Gasteiger charge is 2.20. The van der Waals surface area contributed by atoms with Crippen LogP contribution in [0.5, 0.6) is 0 Å². The molecule has 1 aromatic heterocycles. The molecule has 0 radical (unpaired) electrons. The van der Waals surface area contributed by atoms with E-state index in [1.165, 1.54) is 17.0 Å². The van der Waals surface area contributed by atoms with E-state index >= 15 is 0 Å². The van der Waals surface area contributed by atoms with Crippen molar-refractivity contribution in [3.8, 4) is 0 Å². The third-order valence-corrected chi connectivity index (χ3v) is 6.04. The standard InChI is InChI=1S/C14H15ClN2O3S2/c1-2-17(11-6-4-3-5-7-11)13(18)10-16-22(19,20)14-9-8-12(15)21-14/h3-9,16H,2,10H2,1H3. The molecule has 8 heteroatoms. The van der Waals surface area contributed by atoms with Crippen LogP contribution in [0.1, 0.15) is 6.92 Å². The Morgan fingerprint density at radius 3 is 2.45 bits per heavy atom. The lowest BCUT2D eigenvalue weighted by Gasteiger charge is -2.21. The van der Waals surface area contributed by atoms with Crippen LogP contribution in [-0.4, -0.2) is 27.4 Å². The van der Waals surface area contributed by atoms with Crippen molar-refractivity contribution >= 4 is 44.6 Å². The Bertz CT molecular complexity index is 744. The fourth-order valence-corrected chi connectivity index (χ4v) is 4.38. The first kappa shape index (κ1) is 17.0. The summed E-state index contributed by atoms with van der Waals surface area (Å²) in [5.74, 6) is -0.320. The first-order valence-corrected chi connectivity index (χ1v) is 9.22. The molecule has 5 nitrogen and oxygen atoms in total. The number of amides is 1. The van der Waals surface area contributed by atoms with Crippen molar-refractivity contribution in [2.75, 3.05) is 18.0 Å². The molecule has 0 aliphatic heterocycles. The van der Waals surface area contributed by atoms with Crippen molar-refractivity contribution in [3.63, 3.8) is 0 Å². The number of halogens is 1. The fourth-order valence-electron chi connectivity index (χ4n) is 1.88. The number of carbonyl (C=O) groups excluding carboxylic acids is 1. The summed E-state index contributed by atoms with van der Waals surface area (Å²) in [6.07, 6.45) is 0. The van der Waals surface area contributed by atoms with E-state index in [2.05, 4.69) is 4.72 Å². The fraction of sp³-hybridized carbons (Fsp3) is 0.214. The number of hydrogen-bond donors (Lipinski definition) is 1. The Hall–Kier alpha value is -1.41. The molecule has 118 valence electrons. The SMILES string of the molecule is CCN(C(=O)CNS(=O)(=O)c1ccc(Cl)s1)c1ccccc1. The van der Waals surface area contributed by atoms with Crippen LogP contribution in [0, 0.1) is 0 Å². The molecule has 0 unspecified atom stereocenters. The number of rotatable bonds is 6. The molecule has 0 spiro atoms. The molecule has 0 saturated carbocycles. The Labute approximate surface area is 138 Å². The molecule has 0 aliphatic carbocycles. The molecular formula is C14H15ClN2O3S2. The van der Waals surface area contributed by atoms with Crippen LogP contribution in [0.25, 0.3) is 0 Å². The van der Waals surface area contributed by atoms with E-state index in [0.717, 1.165) is 17.0 Å².